The second-order valence-electron chi connectivity index (χ2n) is 6.19. The van der Waals surface area contributed by atoms with Gasteiger partial charge in [-0.2, -0.15) is 0 Å². The second kappa shape index (κ2) is 8.60. The predicted molar refractivity (Wildman–Crippen MR) is 103 cm³/mol. The number of carbonyl (C=O) groups is 3. The zero-order chi connectivity index (χ0) is 21.0. The monoisotopic (exact) mass is 388 g/mol. The first-order valence-electron chi connectivity index (χ1n) is 8.64. The van der Waals surface area contributed by atoms with Gasteiger partial charge in [-0.25, -0.2) is 4.79 Å². The van der Waals surface area contributed by atoms with E-state index in [0.29, 0.717) is 22.8 Å². The molecule has 150 valence electrons. The number of aromatic nitrogens is 1. The van der Waals surface area contributed by atoms with E-state index in [1.54, 1.807) is 32.0 Å². The summed E-state index contributed by atoms with van der Waals surface area (Å²) in [5.41, 5.74) is 1.32. The Hall–Kier alpha value is -3.29. The van der Waals surface area contributed by atoms with Crippen LogP contribution in [-0.4, -0.2) is 62.5 Å². The Balaban J connectivity index is 2.81. The minimum absolute atomic E-state index is 0.00252. The van der Waals surface area contributed by atoms with Gasteiger partial charge in [0.05, 0.1) is 26.4 Å². The summed E-state index contributed by atoms with van der Waals surface area (Å²) in [7, 11) is 5.95. The summed E-state index contributed by atoms with van der Waals surface area (Å²) >= 11 is 0. The maximum Gasteiger partial charge on any atom is 0.340 e. The molecule has 1 aromatic heterocycles. The fourth-order valence-electron chi connectivity index (χ4n) is 2.84. The number of carbonyl (C=O) groups excluding carboxylic acids is 3. The molecule has 0 atom stereocenters. The number of ketones is 1. The lowest BCUT2D eigenvalue weighted by atomic mass is 9.97. The number of nitrogens with zero attached hydrogens (tertiary/aromatic N) is 1. The number of ether oxygens (including phenoxy) is 3. The molecule has 1 aromatic carbocycles. The number of amides is 1. The van der Waals surface area contributed by atoms with Gasteiger partial charge in [-0.1, -0.05) is 0 Å². The molecule has 0 aliphatic heterocycles. The highest BCUT2D eigenvalue weighted by atomic mass is 16.5. The molecular weight excluding hydrogens is 364 g/mol. The molecule has 2 aromatic rings. The highest BCUT2D eigenvalue weighted by Gasteiger charge is 2.31. The topological polar surface area (TPSA) is 97.9 Å². The Labute approximate surface area is 163 Å². The number of methoxy groups -OCH3 is 2. The lowest BCUT2D eigenvalue weighted by Crippen LogP contribution is -2.30. The lowest BCUT2D eigenvalue weighted by molar-refractivity contribution is -0.124. The number of likely N-dealkylation sites (N-methyl/N-ethyl adjacent to an activating group) is 1. The SMILES string of the molecule is CCOC(=O)c1c(C)[nH]c(C(=O)C(=O)N(C)C)c1-c1ccc(OC)cc1OC. The second-order valence-corrected chi connectivity index (χ2v) is 6.19. The zero-order valence-electron chi connectivity index (χ0n) is 16.8. The molecule has 1 heterocycles. The van der Waals surface area contributed by atoms with Gasteiger partial charge in [0.2, 0.25) is 0 Å². The van der Waals surface area contributed by atoms with Crippen molar-refractivity contribution in [3.05, 3.63) is 35.2 Å². The molecule has 8 heteroatoms. The number of benzene rings is 1. The minimum atomic E-state index is -0.767. The van der Waals surface area contributed by atoms with Crippen LogP contribution in [0.15, 0.2) is 18.2 Å². The normalized spacial score (nSPS) is 10.4. The van der Waals surface area contributed by atoms with Gasteiger partial charge in [0, 0.05) is 37.0 Å². The van der Waals surface area contributed by atoms with Crippen LogP contribution in [0.3, 0.4) is 0 Å². The third-order valence-electron chi connectivity index (χ3n) is 4.17. The molecule has 0 unspecified atom stereocenters. The summed E-state index contributed by atoms with van der Waals surface area (Å²) in [6.07, 6.45) is 0. The van der Waals surface area contributed by atoms with Gasteiger partial charge in [0.15, 0.2) is 0 Å². The molecule has 0 aliphatic carbocycles. The standard InChI is InChI=1S/C20H24N2O6/c1-7-28-20(25)15-11(2)21-17(18(23)19(24)22(3)4)16(15)13-9-8-12(26-5)10-14(13)27-6/h8-10,21H,7H2,1-6H3. The average Bonchev–Trinajstić information content (AvgIpc) is 3.03. The number of hydrogen-bond acceptors (Lipinski definition) is 6. The van der Waals surface area contributed by atoms with E-state index in [9.17, 15) is 14.4 Å². The minimum Gasteiger partial charge on any atom is -0.497 e. The molecule has 0 spiro atoms. The fourth-order valence-corrected chi connectivity index (χ4v) is 2.84. The van der Waals surface area contributed by atoms with E-state index < -0.39 is 17.7 Å². The van der Waals surface area contributed by atoms with Crippen LogP contribution in [0.1, 0.15) is 33.5 Å². The van der Waals surface area contributed by atoms with Gasteiger partial charge in [-0.05, 0) is 26.0 Å². The van der Waals surface area contributed by atoms with Crippen LogP contribution in [0.2, 0.25) is 0 Å². The first kappa shape index (κ1) is 21.0. The van der Waals surface area contributed by atoms with Crippen molar-refractivity contribution in [1.82, 2.24) is 9.88 Å². The molecule has 0 saturated carbocycles. The molecule has 0 bridgehead atoms. The molecular formula is C20H24N2O6. The Kier molecular flexibility index (Phi) is 6.45. The van der Waals surface area contributed by atoms with Crippen LogP contribution in [0.25, 0.3) is 11.1 Å². The van der Waals surface area contributed by atoms with Crippen LogP contribution in [0.5, 0.6) is 11.5 Å². The van der Waals surface area contributed by atoms with Crippen LogP contribution in [-0.2, 0) is 9.53 Å². The highest BCUT2D eigenvalue weighted by molar-refractivity contribution is 6.43. The molecule has 1 N–H and O–H groups in total. The van der Waals surface area contributed by atoms with Gasteiger partial charge >= 0.3 is 5.97 Å². The van der Waals surface area contributed by atoms with E-state index in [4.69, 9.17) is 14.2 Å². The van der Waals surface area contributed by atoms with Crippen molar-refractivity contribution in [3.63, 3.8) is 0 Å². The number of rotatable bonds is 7. The van der Waals surface area contributed by atoms with Crippen LogP contribution in [0.4, 0.5) is 0 Å². The van der Waals surface area contributed by atoms with Gasteiger partial charge in [0.1, 0.15) is 17.2 Å². The summed E-state index contributed by atoms with van der Waals surface area (Å²) in [6, 6.07) is 4.98. The summed E-state index contributed by atoms with van der Waals surface area (Å²) in [6.45, 7) is 3.50. The van der Waals surface area contributed by atoms with E-state index in [1.807, 2.05) is 0 Å². The molecule has 0 saturated heterocycles. The van der Waals surface area contributed by atoms with Crippen LogP contribution in [0, 0.1) is 6.92 Å². The Bertz CT molecular complexity index is 914. The van der Waals surface area contributed by atoms with E-state index >= 15 is 0 Å². The van der Waals surface area contributed by atoms with E-state index in [1.165, 1.54) is 33.2 Å². The van der Waals surface area contributed by atoms with Crippen molar-refractivity contribution in [1.29, 1.82) is 0 Å². The van der Waals surface area contributed by atoms with Crippen molar-refractivity contribution >= 4 is 17.7 Å². The highest BCUT2D eigenvalue weighted by Crippen LogP contribution is 2.39. The third kappa shape index (κ3) is 3.85. The van der Waals surface area contributed by atoms with Gasteiger partial charge in [-0.3, -0.25) is 9.59 Å². The van der Waals surface area contributed by atoms with Gasteiger partial charge < -0.3 is 24.1 Å². The number of aromatic amines is 1. The van der Waals surface area contributed by atoms with E-state index in [2.05, 4.69) is 4.98 Å². The lowest BCUT2D eigenvalue weighted by Gasteiger charge is -2.14. The van der Waals surface area contributed by atoms with Crippen molar-refractivity contribution in [2.45, 2.75) is 13.8 Å². The molecule has 1 amide bonds. The Morgan fingerprint density at radius 3 is 2.32 bits per heavy atom. The Morgan fingerprint density at radius 2 is 1.79 bits per heavy atom. The number of aryl methyl sites for hydroxylation is 1. The first-order chi connectivity index (χ1) is 13.3. The van der Waals surface area contributed by atoms with Crippen molar-refractivity contribution in [2.75, 3.05) is 34.9 Å². The van der Waals surface area contributed by atoms with Crippen molar-refractivity contribution in [3.8, 4) is 22.6 Å². The van der Waals surface area contributed by atoms with Crippen molar-refractivity contribution in [2.24, 2.45) is 0 Å². The zero-order valence-corrected chi connectivity index (χ0v) is 16.8. The third-order valence-corrected chi connectivity index (χ3v) is 4.17. The molecule has 0 radical (unpaired) electrons. The van der Waals surface area contributed by atoms with Crippen LogP contribution < -0.4 is 9.47 Å². The number of Topliss-reactive ketones (excluding diaryl/α,β-unsaturated/α-hetero) is 1. The number of H-pyrrole nitrogens is 1. The Morgan fingerprint density at radius 1 is 1.11 bits per heavy atom. The molecule has 0 aliphatic rings. The van der Waals surface area contributed by atoms with E-state index in [0.717, 1.165) is 0 Å². The largest absolute Gasteiger partial charge is 0.497 e. The molecule has 28 heavy (non-hydrogen) atoms. The quantitative estimate of drug-likeness (QED) is 0.444. The van der Waals surface area contributed by atoms with Crippen molar-refractivity contribution < 1.29 is 28.6 Å². The average molecular weight is 388 g/mol. The van der Waals surface area contributed by atoms with Gasteiger partial charge in [0.25, 0.3) is 11.7 Å². The maximum absolute atomic E-state index is 12.8. The summed E-state index contributed by atoms with van der Waals surface area (Å²) in [5, 5.41) is 0. The summed E-state index contributed by atoms with van der Waals surface area (Å²) in [5.74, 6) is -1.15. The smallest absolute Gasteiger partial charge is 0.340 e. The number of nitrogens with one attached hydrogen (secondary N) is 1. The predicted octanol–water partition coefficient (Wildman–Crippen LogP) is 2.45. The molecule has 8 nitrogen and oxygen atoms in total. The summed E-state index contributed by atoms with van der Waals surface area (Å²) in [4.78, 5) is 41.8. The fraction of sp³-hybridized carbons (Fsp3) is 0.350. The number of esters is 1. The molecule has 2 rings (SSSR count). The van der Waals surface area contributed by atoms with Gasteiger partial charge in [-0.15, -0.1) is 0 Å². The van der Waals surface area contributed by atoms with Crippen LogP contribution >= 0.6 is 0 Å². The maximum atomic E-state index is 12.8. The summed E-state index contributed by atoms with van der Waals surface area (Å²) < 4.78 is 15.8. The first-order valence-corrected chi connectivity index (χ1v) is 8.64. The molecule has 0 fully saturated rings. The number of hydrogen-bond donors (Lipinski definition) is 1. The van der Waals surface area contributed by atoms with E-state index in [-0.39, 0.29) is 23.4 Å².